The molecule has 0 heterocycles. The molecule has 0 saturated carbocycles. The van der Waals surface area contributed by atoms with Crippen molar-refractivity contribution in [3.63, 3.8) is 0 Å². The Labute approximate surface area is 126 Å². The number of hydrogen-bond donors (Lipinski definition) is 1. The third-order valence-corrected chi connectivity index (χ3v) is 3.09. The highest BCUT2D eigenvalue weighted by molar-refractivity contribution is 9.10. The molecule has 0 fully saturated rings. The van der Waals surface area contributed by atoms with E-state index < -0.39 is 12.2 Å². The average molecular weight is 364 g/mol. The second-order valence-corrected chi connectivity index (χ2v) is 5.05. The Morgan fingerprint density at radius 1 is 1.10 bits per heavy atom. The van der Waals surface area contributed by atoms with E-state index in [1.165, 1.54) is 36.4 Å². The summed E-state index contributed by atoms with van der Waals surface area (Å²) in [5.74, 6) is -0.805. The van der Waals surface area contributed by atoms with E-state index in [0.717, 1.165) is 0 Å². The number of para-hydroxylation sites is 1. The minimum absolute atomic E-state index is 0.000370. The molecular formula is C14H10BrF4NO. The van der Waals surface area contributed by atoms with Crippen molar-refractivity contribution in [2.24, 2.45) is 0 Å². The summed E-state index contributed by atoms with van der Waals surface area (Å²) in [5.41, 5.74) is 0.459. The molecule has 0 saturated heterocycles. The molecule has 0 spiro atoms. The van der Waals surface area contributed by atoms with E-state index in [0.29, 0.717) is 4.47 Å². The molecule has 0 aliphatic rings. The van der Waals surface area contributed by atoms with Crippen molar-refractivity contribution in [3.8, 4) is 5.75 Å². The summed E-state index contributed by atoms with van der Waals surface area (Å²) in [4.78, 5) is 0. The Morgan fingerprint density at radius 2 is 1.81 bits per heavy atom. The van der Waals surface area contributed by atoms with Crippen LogP contribution in [0.4, 0.5) is 23.2 Å². The molecule has 21 heavy (non-hydrogen) atoms. The van der Waals surface area contributed by atoms with Gasteiger partial charge in [0.1, 0.15) is 11.6 Å². The van der Waals surface area contributed by atoms with E-state index in [-0.39, 0.29) is 23.5 Å². The maximum atomic E-state index is 13.5. The average Bonchev–Trinajstić information content (AvgIpc) is 2.39. The van der Waals surface area contributed by atoms with Crippen LogP contribution < -0.4 is 10.1 Å². The standard InChI is InChI=1S/C14H10BrF4NO/c15-10-5-6-11(16)12(7-10)20-8-9-3-1-2-4-13(9)21-14(17,18)19/h1-7,20H,8H2. The molecule has 112 valence electrons. The fourth-order valence-corrected chi connectivity index (χ4v) is 2.06. The van der Waals surface area contributed by atoms with Gasteiger partial charge in [0, 0.05) is 16.6 Å². The molecule has 2 rings (SSSR count). The lowest BCUT2D eigenvalue weighted by atomic mass is 10.2. The molecule has 0 amide bonds. The number of rotatable bonds is 4. The number of nitrogens with one attached hydrogen (secondary N) is 1. The van der Waals surface area contributed by atoms with E-state index in [4.69, 9.17) is 0 Å². The summed E-state index contributed by atoms with van der Waals surface area (Å²) in [6.07, 6.45) is -4.77. The third kappa shape index (κ3) is 4.63. The summed E-state index contributed by atoms with van der Waals surface area (Å²) < 4.78 is 55.0. The lowest BCUT2D eigenvalue weighted by Crippen LogP contribution is -2.18. The zero-order valence-electron chi connectivity index (χ0n) is 10.5. The predicted octanol–water partition coefficient (Wildman–Crippen LogP) is 5.10. The molecule has 2 aromatic rings. The SMILES string of the molecule is Fc1ccc(Br)cc1NCc1ccccc1OC(F)(F)F. The van der Waals surface area contributed by atoms with Crippen molar-refractivity contribution < 1.29 is 22.3 Å². The maximum Gasteiger partial charge on any atom is 0.573 e. The fourth-order valence-electron chi connectivity index (χ4n) is 1.70. The number of anilines is 1. The van der Waals surface area contributed by atoms with E-state index in [1.54, 1.807) is 6.07 Å². The summed E-state index contributed by atoms with van der Waals surface area (Å²) >= 11 is 3.20. The van der Waals surface area contributed by atoms with Gasteiger partial charge in [-0.05, 0) is 24.3 Å². The van der Waals surface area contributed by atoms with Gasteiger partial charge < -0.3 is 10.1 Å². The second kappa shape index (κ2) is 6.34. The molecule has 2 aromatic carbocycles. The first kappa shape index (κ1) is 15.6. The zero-order chi connectivity index (χ0) is 15.5. The van der Waals surface area contributed by atoms with Crippen molar-refractivity contribution in [2.45, 2.75) is 12.9 Å². The van der Waals surface area contributed by atoms with Crippen LogP contribution in [-0.2, 0) is 6.54 Å². The molecule has 2 nitrogen and oxygen atoms in total. The van der Waals surface area contributed by atoms with Gasteiger partial charge in [0.2, 0.25) is 0 Å². The van der Waals surface area contributed by atoms with Crippen LogP contribution in [0, 0.1) is 5.82 Å². The Hall–Kier alpha value is -1.76. The first-order valence-electron chi connectivity index (χ1n) is 5.88. The van der Waals surface area contributed by atoms with Gasteiger partial charge in [0.25, 0.3) is 0 Å². The quantitative estimate of drug-likeness (QED) is 0.763. The number of benzene rings is 2. The first-order chi connectivity index (χ1) is 9.85. The maximum absolute atomic E-state index is 13.5. The van der Waals surface area contributed by atoms with Crippen LogP contribution in [0.15, 0.2) is 46.9 Å². The zero-order valence-corrected chi connectivity index (χ0v) is 12.1. The van der Waals surface area contributed by atoms with Gasteiger partial charge in [-0.1, -0.05) is 34.1 Å². The molecule has 0 unspecified atom stereocenters. The molecule has 0 radical (unpaired) electrons. The highest BCUT2D eigenvalue weighted by Crippen LogP contribution is 2.27. The number of hydrogen-bond acceptors (Lipinski definition) is 2. The van der Waals surface area contributed by atoms with Gasteiger partial charge in [0.05, 0.1) is 5.69 Å². The van der Waals surface area contributed by atoms with Crippen molar-refractivity contribution in [2.75, 3.05) is 5.32 Å². The van der Waals surface area contributed by atoms with Crippen molar-refractivity contribution in [3.05, 3.63) is 58.3 Å². The van der Waals surface area contributed by atoms with Gasteiger partial charge in [-0.2, -0.15) is 0 Å². The minimum Gasteiger partial charge on any atom is -0.405 e. The summed E-state index contributed by atoms with van der Waals surface area (Å²) in [7, 11) is 0. The van der Waals surface area contributed by atoms with Gasteiger partial charge in [-0.3, -0.25) is 0 Å². The third-order valence-electron chi connectivity index (χ3n) is 2.60. The smallest absolute Gasteiger partial charge is 0.405 e. The van der Waals surface area contributed by atoms with Gasteiger partial charge >= 0.3 is 6.36 Å². The Kier molecular flexibility index (Phi) is 4.72. The topological polar surface area (TPSA) is 21.3 Å². The number of halogens is 5. The Bertz CT molecular complexity index is 631. The van der Waals surface area contributed by atoms with E-state index in [9.17, 15) is 17.6 Å². The Balaban J connectivity index is 2.15. The van der Waals surface area contributed by atoms with Gasteiger partial charge in [-0.15, -0.1) is 13.2 Å². The van der Waals surface area contributed by atoms with Gasteiger partial charge in [-0.25, -0.2) is 4.39 Å². The van der Waals surface area contributed by atoms with Crippen LogP contribution in [-0.4, -0.2) is 6.36 Å². The largest absolute Gasteiger partial charge is 0.573 e. The van der Waals surface area contributed by atoms with Crippen LogP contribution in [0.25, 0.3) is 0 Å². The molecule has 1 N–H and O–H groups in total. The van der Waals surface area contributed by atoms with Crippen LogP contribution in [0.2, 0.25) is 0 Å². The van der Waals surface area contributed by atoms with Gasteiger partial charge in [0.15, 0.2) is 0 Å². The number of ether oxygens (including phenoxy) is 1. The van der Waals surface area contributed by atoms with E-state index in [1.807, 2.05) is 0 Å². The Morgan fingerprint density at radius 3 is 2.52 bits per heavy atom. The molecule has 0 bridgehead atoms. The summed E-state index contributed by atoms with van der Waals surface area (Å²) in [6.45, 7) is -0.000370. The van der Waals surface area contributed by atoms with Crippen molar-refractivity contribution in [1.82, 2.24) is 0 Å². The molecule has 0 aliphatic carbocycles. The van der Waals surface area contributed by atoms with Crippen LogP contribution >= 0.6 is 15.9 Å². The molecular weight excluding hydrogens is 354 g/mol. The lowest BCUT2D eigenvalue weighted by molar-refractivity contribution is -0.274. The van der Waals surface area contributed by atoms with Crippen LogP contribution in [0.5, 0.6) is 5.75 Å². The van der Waals surface area contributed by atoms with Crippen molar-refractivity contribution >= 4 is 21.6 Å². The van der Waals surface area contributed by atoms with E-state index >= 15 is 0 Å². The predicted molar refractivity (Wildman–Crippen MR) is 74.6 cm³/mol. The summed E-state index contributed by atoms with van der Waals surface area (Å²) in [6, 6.07) is 9.99. The fraction of sp³-hybridized carbons (Fsp3) is 0.143. The molecule has 0 aromatic heterocycles. The van der Waals surface area contributed by atoms with E-state index in [2.05, 4.69) is 26.0 Å². The van der Waals surface area contributed by atoms with Crippen LogP contribution in [0.1, 0.15) is 5.56 Å². The molecule has 7 heteroatoms. The molecule has 0 atom stereocenters. The first-order valence-corrected chi connectivity index (χ1v) is 6.67. The highest BCUT2D eigenvalue weighted by atomic mass is 79.9. The number of alkyl halides is 3. The highest BCUT2D eigenvalue weighted by Gasteiger charge is 2.31. The normalized spacial score (nSPS) is 11.3. The second-order valence-electron chi connectivity index (χ2n) is 4.13. The summed E-state index contributed by atoms with van der Waals surface area (Å²) in [5, 5.41) is 2.74. The van der Waals surface area contributed by atoms with Crippen molar-refractivity contribution in [1.29, 1.82) is 0 Å². The minimum atomic E-state index is -4.77. The molecule has 0 aliphatic heterocycles. The van der Waals surface area contributed by atoms with Crippen LogP contribution in [0.3, 0.4) is 0 Å². The monoisotopic (exact) mass is 363 g/mol. The lowest BCUT2D eigenvalue weighted by Gasteiger charge is -2.14.